The molecule has 0 spiro atoms. The summed E-state index contributed by atoms with van der Waals surface area (Å²) in [7, 11) is 1.57. The smallest absolute Gasteiger partial charge is 0.416 e. The van der Waals surface area contributed by atoms with Gasteiger partial charge in [-0.1, -0.05) is 26.0 Å². The van der Waals surface area contributed by atoms with Crippen LogP contribution < -0.4 is 4.74 Å². The van der Waals surface area contributed by atoms with Gasteiger partial charge in [0, 0.05) is 42.2 Å². The summed E-state index contributed by atoms with van der Waals surface area (Å²) in [4.78, 5) is 34.4. The summed E-state index contributed by atoms with van der Waals surface area (Å²) in [5.41, 5.74) is -1.37. The van der Waals surface area contributed by atoms with Gasteiger partial charge in [-0.3, -0.25) is 9.59 Å². The van der Waals surface area contributed by atoms with Crippen LogP contribution in [0.25, 0.3) is 16.4 Å². The number of hydrogen-bond donors (Lipinski definition) is 0. The number of hydrogen-bond acceptors (Lipinski definition) is 6. The quantitative estimate of drug-likeness (QED) is 0.205. The van der Waals surface area contributed by atoms with Crippen molar-refractivity contribution in [3.8, 4) is 22.1 Å². The molecule has 4 aromatic rings. The largest absolute Gasteiger partial charge is 0.497 e. The number of methoxy groups -OCH3 is 1. The highest BCUT2D eigenvalue weighted by Gasteiger charge is 2.39. The number of aromatic nitrogens is 3. The third-order valence-corrected chi connectivity index (χ3v) is 8.45. The summed E-state index contributed by atoms with van der Waals surface area (Å²) in [6, 6.07) is 7.55. The number of ether oxygens (including phenoxy) is 1. The van der Waals surface area contributed by atoms with Crippen LogP contribution in [0.15, 0.2) is 54.0 Å². The average Bonchev–Trinajstić information content (AvgIpc) is 3.67. The van der Waals surface area contributed by atoms with E-state index in [-0.39, 0.29) is 37.5 Å². The van der Waals surface area contributed by atoms with Gasteiger partial charge in [0.2, 0.25) is 5.13 Å². The van der Waals surface area contributed by atoms with Crippen LogP contribution in [0.1, 0.15) is 64.2 Å². The van der Waals surface area contributed by atoms with Crippen LogP contribution in [0, 0.1) is 0 Å². The fraction of sp³-hybridized carbons (Fsp3) is 0.355. The van der Waals surface area contributed by atoms with Crippen LogP contribution in [0.2, 0.25) is 0 Å². The minimum Gasteiger partial charge on any atom is -0.497 e. The number of amides is 2. The second-order valence-corrected chi connectivity index (χ2v) is 12.0. The highest BCUT2D eigenvalue weighted by atomic mass is 32.1. The molecule has 0 bridgehead atoms. The van der Waals surface area contributed by atoms with Gasteiger partial charge < -0.3 is 14.5 Å². The van der Waals surface area contributed by atoms with Gasteiger partial charge in [-0.25, -0.2) is 9.67 Å². The maximum absolute atomic E-state index is 13.8. The van der Waals surface area contributed by atoms with Crippen molar-refractivity contribution in [1.82, 2.24) is 24.6 Å². The van der Waals surface area contributed by atoms with E-state index in [1.807, 2.05) is 43.5 Å². The van der Waals surface area contributed by atoms with Crippen molar-refractivity contribution in [2.75, 3.05) is 26.7 Å². The van der Waals surface area contributed by atoms with Crippen LogP contribution in [-0.4, -0.2) is 69.2 Å². The topological polar surface area (TPSA) is 80.6 Å². The van der Waals surface area contributed by atoms with Gasteiger partial charge >= 0.3 is 12.4 Å². The number of thiazole rings is 1. The molecule has 2 aromatic heterocycles. The Kier molecular flexibility index (Phi) is 8.90. The number of benzene rings is 2. The number of halogens is 6. The first-order valence-electron chi connectivity index (χ1n) is 14.2. The van der Waals surface area contributed by atoms with Crippen molar-refractivity contribution in [1.29, 1.82) is 0 Å². The number of carbonyl (C=O) groups excluding carboxylic acids is 2. The lowest BCUT2D eigenvalue weighted by molar-refractivity contribution is -0.143. The van der Waals surface area contributed by atoms with Crippen LogP contribution in [0.5, 0.6) is 5.75 Å². The molecule has 0 saturated carbocycles. The molecular weight excluding hydrogens is 636 g/mol. The second kappa shape index (κ2) is 12.4. The van der Waals surface area contributed by atoms with Crippen molar-refractivity contribution < 1.29 is 40.7 Å². The molecule has 46 heavy (non-hydrogen) atoms. The molecular formula is C31H29F6N5O3S. The van der Waals surface area contributed by atoms with Crippen LogP contribution in [0.3, 0.4) is 0 Å². The molecule has 0 N–H and O–H groups in total. The summed E-state index contributed by atoms with van der Waals surface area (Å²) >= 11 is 1.35. The third kappa shape index (κ3) is 6.59. The van der Waals surface area contributed by atoms with Gasteiger partial charge in [0.15, 0.2) is 0 Å². The summed E-state index contributed by atoms with van der Waals surface area (Å²) in [5, 5.41) is 6.88. The third-order valence-electron chi connectivity index (χ3n) is 7.63. The standard InChI is InChI=1S/C31H29F6N5O3S/c1-17(2)26-24(14-38-42(26)29-39-25(16-46-29)19-6-5-7-23(12-19)45-4)28(44)40-8-9-41(18(3)15-40)27(43)20-10-21(30(32,33)34)13-22(11-20)31(35,36)37/h5-7,10-14,16-18H,8-9,15H2,1-4H3. The summed E-state index contributed by atoms with van der Waals surface area (Å²) < 4.78 is 87.2. The van der Waals surface area contributed by atoms with Gasteiger partial charge in [-0.2, -0.15) is 31.4 Å². The monoisotopic (exact) mass is 665 g/mol. The highest BCUT2D eigenvalue weighted by molar-refractivity contribution is 7.12. The Morgan fingerprint density at radius 1 is 0.978 bits per heavy atom. The van der Waals surface area contributed by atoms with Crippen LogP contribution >= 0.6 is 11.3 Å². The van der Waals surface area contributed by atoms with Crippen LogP contribution in [-0.2, 0) is 12.4 Å². The summed E-state index contributed by atoms with van der Waals surface area (Å²) in [6.45, 7) is 5.33. The Bertz CT molecular complexity index is 1730. The Balaban J connectivity index is 1.36. The Labute approximate surface area is 264 Å². The fourth-order valence-electron chi connectivity index (χ4n) is 5.37. The zero-order chi connectivity index (χ0) is 33.6. The molecule has 8 nitrogen and oxygen atoms in total. The van der Waals surface area contributed by atoms with Gasteiger partial charge in [0.1, 0.15) is 5.75 Å². The Morgan fingerprint density at radius 3 is 2.24 bits per heavy atom. The van der Waals surface area contributed by atoms with E-state index in [1.165, 1.54) is 27.3 Å². The van der Waals surface area contributed by atoms with E-state index >= 15 is 0 Å². The minimum atomic E-state index is -5.08. The molecule has 2 amide bonds. The number of piperazine rings is 1. The first-order chi connectivity index (χ1) is 21.6. The van der Waals surface area contributed by atoms with Crippen molar-refractivity contribution >= 4 is 23.2 Å². The molecule has 3 heterocycles. The Morgan fingerprint density at radius 2 is 1.65 bits per heavy atom. The first-order valence-corrected chi connectivity index (χ1v) is 15.0. The van der Waals surface area contributed by atoms with E-state index in [9.17, 15) is 35.9 Å². The van der Waals surface area contributed by atoms with Crippen molar-refractivity contribution in [2.24, 2.45) is 0 Å². The number of rotatable bonds is 6. The van der Waals surface area contributed by atoms with Crippen molar-refractivity contribution in [3.63, 3.8) is 0 Å². The highest BCUT2D eigenvalue weighted by Crippen LogP contribution is 2.37. The molecule has 1 fully saturated rings. The van der Waals surface area contributed by atoms with Gasteiger partial charge in [-0.15, -0.1) is 11.3 Å². The molecule has 1 aliphatic heterocycles. The predicted molar refractivity (Wildman–Crippen MR) is 158 cm³/mol. The van der Waals surface area contributed by atoms with E-state index in [4.69, 9.17) is 9.72 Å². The predicted octanol–water partition coefficient (Wildman–Crippen LogP) is 7.15. The second-order valence-electron chi connectivity index (χ2n) is 11.2. The maximum atomic E-state index is 13.8. The lowest BCUT2D eigenvalue weighted by atomic mass is 10.0. The van der Waals surface area contributed by atoms with Gasteiger partial charge in [0.05, 0.1) is 41.4 Å². The van der Waals surface area contributed by atoms with Gasteiger partial charge in [0.25, 0.3) is 11.8 Å². The van der Waals surface area contributed by atoms with Crippen molar-refractivity contribution in [2.45, 2.75) is 45.1 Å². The number of carbonyl (C=O) groups is 2. The molecule has 1 aliphatic rings. The van der Waals surface area contributed by atoms with E-state index in [2.05, 4.69) is 5.10 Å². The van der Waals surface area contributed by atoms with Crippen LogP contribution in [0.4, 0.5) is 26.3 Å². The molecule has 244 valence electrons. The normalized spacial score (nSPS) is 15.8. The molecule has 0 radical (unpaired) electrons. The fourth-order valence-corrected chi connectivity index (χ4v) is 6.17. The summed E-state index contributed by atoms with van der Waals surface area (Å²) in [5.74, 6) is -0.812. The van der Waals surface area contributed by atoms with E-state index < -0.39 is 41.0 Å². The SMILES string of the molecule is COc1cccc(-c2csc(-n3ncc(C(=O)N4CCN(C(=O)c5cc(C(F)(F)F)cc(C(F)(F)F)c5)C(C)C4)c3C(C)C)n2)c1. The maximum Gasteiger partial charge on any atom is 0.416 e. The molecule has 15 heteroatoms. The van der Waals surface area contributed by atoms with E-state index in [1.54, 1.807) is 18.7 Å². The van der Waals surface area contributed by atoms with Crippen molar-refractivity contribution in [3.05, 3.63) is 82.0 Å². The number of alkyl halides is 6. The lowest BCUT2D eigenvalue weighted by Gasteiger charge is -2.40. The minimum absolute atomic E-state index is 0.00954. The summed E-state index contributed by atoms with van der Waals surface area (Å²) in [6.07, 6.45) is -8.71. The zero-order valence-corrected chi connectivity index (χ0v) is 25.9. The Hall–Kier alpha value is -4.40. The number of nitrogens with zero attached hydrogens (tertiary/aromatic N) is 5. The lowest BCUT2D eigenvalue weighted by Crippen LogP contribution is -2.55. The molecule has 2 aromatic carbocycles. The molecule has 5 rings (SSSR count). The molecule has 0 aliphatic carbocycles. The van der Waals surface area contributed by atoms with E-state index in [0.29, 0.717) is 40.0 Å². The molecule has 1 atom stereocenters. The van der Waals surface area contributed by atoms with E-state index in [0.717, 1.165) is 5.56 Å². The average molecular weight is 666 g/mol. The first kappa shape index (κ1) is 33.0. The zero-order valence-electron chi connectivity index (χ0n) is 25.1. The van der Waals surface area contributed by atoms with Gasteiger partial charge in [-0.05, 0) is 43.2 Å². The molecule has 1 saturated heterocycles. The molecule has 1 unspecified atom stereocenters.